The Balaban J connectivity index is 3.67. The summed E-state index contributed by atoms with van der Waals surface area (Å²) in [7, 11) is 0. The van der Waals surface area contributed by atoms with Gasteiger partial charge in [-0.25, -0.2) is 0 Å². The number of unbranched alkanes of at least 4 members (excludes halogenated alkanes) is 1. The number of hydrogen-bond donors (Lipinski definition) is 1. The van der Waals surface area contributed by atoms with Crippen LogP contribution in [-0.4, -0.2) is 16.9 Å². The first-order valence-electron chi connectivity index (χ1n) is 5.59. The lowest BCUT2D eigenvalue weighted by Gasteiger charge is -2.13. The summed E-state index contributed by atoms with van der Waals surface area (Å²) in [4.78, 5) is 11.6. The third kappa shape index (κ3) is 6.62. The van der Waals surface area contributed by atoms with E-state index in [1.807, 2.05) is 0 Å². The molecule has 0 aromatic carbocycles. The summed E-state index contributed by atoms with van der Waals surface area (Å²) >= 11 is 2.33. The summed E-state index contributed by atoms with van der Waals surface area (Å²) < 4.78 is 1.11. The highest BCUT2D eigenvalue weighted by Crippen LogP contribution is 2.12. The van der Waals surface area contributed by atoms with Gasteiger partial charge < -0.3 is 5.32 Å². The van der Waals surface area contributed by atoms with E-state index in [-0.39, 0.29) is 11.8 Å². The van der Waals surface area contributed by atoms with Crippen LogP contribution in [0.4, 0.5) is 0 Å². The monoisotopic (exact) mass is 311 g/mol. The van der Waals surface area contributed by atoms with Crippen LogP contribution in [0.2, 0.25) is 0 Å². The maximum atomic E-state index is 11.6. The van der Waals surface area contributed by atoms with Crippen molar-refractivity contribution in [2.45, 2.75) is 46.0 Å². The van der Waals surface area contributed by atoms with Crippen molar-refractivity contribution < 1.29 is 4.79 Å². The zero-order valence-electron chi connectivity index (χ0n) is 9.31. The predicted octanol–water partition coefficient (Wildman–Crippen LogP) is 3.14. The Kier molecular flexibility index (Phi) is 9.88. The quantitative estimate of drug-likeness (QED) is 0.416. The van der Waals surface area contributed by atoms with Crippen LogP contribution in [0.15, 0.2) is 0 Å². The van der Waals surface area contributed by atoms with Gasteiger partial charge in [-0.3, -0.25) is 4.79 Å². The second kappa shape index (κ2) is 9.74. The number of carbonyl (C=O) groups excluding carboxylic acids is 1. The molecule has 0 rings (SSSR count). The zero-order chi connectivity index (χ0) is 10.8. The number of hydrogen-bond acceptors (Lipinski definition) is 1. The lowest BCUT2D eigenvalue weighted by atomic mass is 9.98. The van der Waals surface area contributed by atoms with Gasteiger partial charge in [0.1, 0.15) is 0 Å². The summed E-state index contributed by atoms with van der Waals surface area (Å²) in [5.41, 5.74) is 0. The molecule has 0 saturated carbocycles. The van der Waals surface area contributed by atoms with Crippen molar-refractivity contribution >= 4 is 28.5 Å². The number of carbonyl (C=O) groups is 1. The van der Waals surface area contributed by atoms with E-state index in [4.69, 9.17) is 0 Å². The lowest BCUT2D eigenvalue weighted by molar-refractivity contribution is -0.125. The molecule has 0 aliphatic rings. The fraction of sp³-hybridized carbons (Fsp3) is 0.909. The average molecular weight is 311 g/mol. The van der Waals surface area contributed by atoms with E-state index in [1.54, 1.807) is 0 Å². The van der Waals surface area contributed by atoms with Crippen molar-refractivity contribution in [3.8, 4) is 0 Å². The Bertz CT molecular complexity index is 150. The van der Waals surface area contributed by atoms with E-state index in [1.165, 1.54) is 6.42 Å². The first kappa shape index (κ1) is 14.2. The summed E-state index contributed by atoms with van der Waals surface area (Å²) in [6.45, 7) is 5.10. The maximum Gasteiger partial charge on any atom is 0.223 e. The van der Waals surface area contributed by atoms with Crippen LogP contribution >= 0.6 is 22.6 Å². The van der Waals surface area contributed by atoms with Crippen molar-refractivity contribution in [3.05, 3.63) is 0 Å². The molecular weight excluding hydrogens is 289 g/mol. The topological polar surface area (TPSA) is 29.1 Å². The predicted molar refractivity (Wildman–Crippen MR) is 69.8 cm³/mol. The van der Waals surface area contributed by atoms with Gasteiger partial charge in [-0.1, -0.05) is 49.3 Å². The molecule has 0 fully saturated rings. The zero-order valence-corrected chi connectivity index (χ0v) is 11.5. The number of alkyl halides is 1. The standard InChI is InChI=1S/C11H22INO/c1-3-5-7-10(4-2)11(14)13-9-6-8-12/h10H,3-9H2,1-2H3,(H,13,14). The Morgan fingerprint density at radius 3 is 2.57 bits per heavy atom. The molecule has 0 spiro atoms. The molecule has 1 N–H and O–H groups in total. The van der Waals surface area contributed by atoms with Gasteiger partial charge in [0, 0.05) is 16.9 Å². The molecular formula is C11H22INO. The van der Waals surface area contributed by atoms with Gasteiger partial charge >= 0.3 is 0 Å². The molecule has 0 bridgehead atoms. The smallest absolute Gasteiger partial charge is 0.223 e. The van der Waals surface area contributed by atoms with Gasteiger partial charge in [0.15, 0.2) is 0 Å². The highest BCUT2D eigenvalue weighted by Gasteiger charge is 2.14. The summed E-state index contributed by atoms with van der Waals surface area (Å²) in [5.74, 6) is 0.495. The van der Waals surface area contributed by atoms with Crippen molar-refractivity contribution in [1.29, 1.82) is 0 Å². The van der Waals surface area contributed by atoms with Crippen molar-refractivity contribution in [1.82, 2.24) is 5.32 Å². The highest BCUT2D eigenvalue weighted by molar-refractivity contribution is 14.1. The fourth-order valence-electron chi connectivity index (χ4n) is 1.39. The minimum absolute atomic E-state index is 0.240. The lowest BCUT2D eigenvalue weighted by Crippen LogP contribution is -2.31. The van der Waals surface area contributed by atoms with Crippen molar-refractivity contribution in [3.63, 3.8) is 0 Å². The van der Waals surface area contributed by atoms with E-state index in [2.05, 4.69) is 41.8 Å². The number of nitrogens with one attached hydrogen (secondary N) is 1. The van der Waals surface area contributed by atoms with E-state index >= 15 is 0 Å². The first-order chi connectivity index (χ1) is 6.76. The molecule has 14 heavy (non-hydrogen) atoms. The van der Waals surface area contributed by atoms with Crippen LogP contribution in [0.3, 0.4) is 0 Å². The van der Waals surface area contributed by atoms with Crippen LogP contribution in [-0.2, 0) is 4.79 Å². The molecule has 84 valence electrons. The second-order valence-electron chi connectivity index (χ2n) is 3.58. The molecule has 0 saturated heterocycles. The van der Waals surface area contributed by atoms with Crippen LogP contribution in [0.1, 0.15) is 46.0 Å². The summed E-state index contributed by atoms with van der Waals surface area (Å²) in [6.07, 6.45) is 5.44. The minimum Gasteiger partial charge on any atom is -0.356 e. The number of rotatable bonds is 8. The Labute approximate surface area is 101 Å². The largest absolute Gasteiger partial charge is 0.356 e. The second-order valence-corrected chi connectivity index (χ2v) is 4.66. The minimum atomic E-state index is 0.240. The van der Waals surface area contributed by atoms with Gasteiger partial charge in [0.25, 0.3) is 0 Å². The molecule has 0 aliphatic carbocycles. The summed E-state index contributed by atoms with van der Waals surface area (Å²) in [6, 6.07) is 0. The highest BCUT2D eigenvalue weighted by atomic mass is 127. The third-order valence-corrected chi connectivity index (χ3v) is 3.14. The van der Waals surface area contributed by atoms with Crippen LogP contribution in [0.5, 0.6) is 0 Å². The number of amides is 1. The van der Waals surface area contributed by atoms with Crippen LogP contribution in [0, 0.1) is 5.92 Å². The number of halogens is 1. The Morgan fingerprint density at radius 2 is 2.07 bits per heavy atom. The van der Waals surface area contributed by atoms with E-state index in [0.29, 0.717) is 0 Å². The molecule has 2 nitrogen and oxygen atoms in total. The average Bonchev–Trinajstić information content (AvgIpc) is 2.19. The molecule has 1 unspecified atom stereocenters. The normalized spacial score (nSPS) is 12.5. The molecule has 0 radical (unpaired) electrons. The molecule has 0 aromatic heterocycles. The van der Waals surface area contributed by atoms with Crippen molar-refractivity contribution in [2.75, 3.05) is 11.0 Å². The van der Waals surface area contributed by atoms with Crippen LogP contribution in [0.25, 0.3) is 0 Å². The van der Waals surface area contributed by atoms with Gasteiger partial charge in [-0.15, -0.1) is 0 Å². The molecule has 1 amide bonds. The van der Waals surface area contributed by atoms with Gasteiger partial charge in [-0.2, -0.15) is 0 Å². The molecule has 3 heteroatoms. The van der Waals surface area contributed by atoms with E-state index in [0.717, 1.165) is 36.7 Å². The third-order valence-electron chi connectivity index (χ3n) is 2.38. The van der Waals surface area contributed by atoms with Crippen molar-refractivity contribution in [2.24, 2.45) is 5.92 Å². The molecule has 0 aromatic rings. The van der Waals surface area contributed by atoms with Crippen LogP contribution < -0.4 is 5.32 Å². The molecule has 0 heterocycles. The molecule has 1 atom stereocenters. The fourth-order valence-corrected chi connectivity index (χ4v) is 1.78. The van der Waals surface area contributed by atoms with Gasteiger partial charge in [0.2, 0.25) is 5.91 Å². The Hall–Kier alpha value is 0.200. The van der Waals surface area contributed by atoms with Gasteiger partial charge in [0.05, 0.1) is 0 Å². The Morgan fingerprint density at radius 1 is 1.36 bits per heavy atom. The SMILES string of the molecule is CCCCC(CC)C(=O)NCCCI. The first-order valence-corrected chi connectivity index (χ1v) is 7.12. The maximum absolute atomic E-state index is 11.6. The van der Waals surface area contributed by atoms with E-state index in [9.17, 15) is 4.79 Å². The van der Waals surface area contributed by atoms with E-state index < -0.39 is 0 Å². The van der Waals surface area contributed by atoms with Gasteiger partial charge in [-0.05, 0) is 19.3 Å². The summed E-state index contributed by atoms with van der Waals surface area (Å²) in [5, 5.41) is 3.00. The molecule has 0 aliphatic heterocycles.